The van der Waals surface area contributed by atoms with Crippen LogP contribution in [0.5, 0.6) is 0 Å². The summed E-state index contributed by atoms with van der Waals surface area (Å²) in [5.41, 5.74) is 3.48. The molecule has 1 atom stereocenters. The van der Waals surface area contributed by atoms with Gasteiger partial charge in [0.15, 0.2) is 0 Å². The Kier molecular flexibility index (Phi) is 11.7. The van der Waals surface area contributed by atoms with Gasteiger partial charge >= 0.3 is 0 Å². The molecule has 0 heterocycles. The third-order valence-corrected chi connectivity index (χ3v) is 9.73. The Morgan fingerprint density at radius 2 is 1.56 bits per heavy atom. The molecule has 0 fully saturated rings. The van der Waals surface area contributed by atoms with Crippen LogP contribution in [0.1, 0.15) is 35.6 Å². The zero-order valence-electron chi connectivity index (χ0n) is 25.5. The first kappa shape index (κ1) is 34.0. The van der Waals surface area contributed by atoms with E-state index in [-0.39, 0.29) is 23.8 Å². The first-order chi connectivity index (χ1) is 21.5. The predicted molar refractivity (Wildman–Crippen MR) is 181 cm³/mol. The molecule has 4 aromatic rings. The third-order valence-electron chi connectivity index (χ3n) is 7.35. The topological polar surface area (TPSA) is 86.8 Å². The minimum Gasteiger partial charge on any atom is -0.354 e. The predicted octanol–water partition coefficient (Wildman–Crippen LogP) is 6.97. The average molecular weight is 667 g/mol. The van der Waals surface area contributed by atoms with Gasteiger partial charge in [-0.1, -0.05) is 96.4 Å². The van der Waals surface area contributed by atoms with Gasteiger partial charge in [-0.15, -0.1) is 0 Å². The van der Waals surface area contributed by atoms with Crippen LogP contribution in [0.3, 0.4) is 0 Å². The number of nitrogens with one attached hydrogen (secondary N) is 1. The molecule has 0 radical (unpaired) electrons. The molecule has 0 saturated heterocycles. The van der Waals surface area contributed by atoms with E-state index in [1.54, 1.807) is 48.5 Å². The lowest BCUT2D eigenvalue weighted by Crippen LogP contribution is -2.53. The fourth-order valence-corrected chi connectivity index (χ4v) is 6.78. The Labute approximate surface area is 275 Å². The molecule has 0 saturated carbocycles. The quantitative estimate of drug-likeness (QED) is 0.167. The maximum atomic E-state index is 14.5. The first-order valence-corrected chi connectivity index (χ1v) is 16.9. The number of benzene rings is 4. The molecule has 0 unspecified atom stereocenters. The molecule has 0 aliphatic rings. The molecule has 236 valence electrons. The van der Waals surface area contributed by atoms with Gasteiger partial charge in [-0.05, 0) is 73.4 Å². The largest absolute Gasteiger partial charge is 0.354 e. The normalized spacial score (nSPS) is 11.9. The summed E-state index contributed by atoms with van der Waals surface area (Å²) >= 11 is 12.7. The fourth-order valence-electron chi connectivity index (χ4n) is 4.90. The van der Waals surface area contributed by atoms with Crippen molar-refractivity contribution in [2.75, 3.05) is 17.4 Å². The van der Waals surface area contributed by atoms with E-state index in [1.807, 2.05) is 57.2 Å². The van der Waals surface area contributed by atoms with Crippen molar-refractivity contribution in [3.8, 4) is 0 Å². The Morgan fingerprint density at radius 1 is 0.844 bits per heavy atom. The Balaban J connectivity index is 1.82. The van der Waals surface area contributed by atoms with E-state index in [0.717, 1.165) is 21.0 Å². The van der Waals surface area contributed by atoms with Crippen LogP contribution in [0, 0.1) is 13.8 Å². The van der Waals surface area contributed by atoms with Gasteiger partial charge in [0.2, 0.25) is 11.8 Å². The minimum absolute atomic E-state index is 0.0435. The molecular weight excluding hydrogens is 629 g/mol. The van der Waals surface area contributed by atoms with Crippen LogP contribution in [-0.2, 0) is 32.6 Å². The van der Waals surface area contributed by atoms with Gasteiger partial charge in [0.1, 0.15) is 12.6 Å². The first-order valence-electron chi connectivity index (χ1n) is 14.7. The summed E-state index contributed by atoms with van der Waals surface area (Å²) in [7, 11) is -4.18. The van der Waals surface area contributed by atoms with Gasteiger partial charge in [0, 0.05) is 29.6 Å². The number of anilines is 1. The molecule has 0 aliphatic carbocycles. The van der Waals surface area contributed by atoms with Crippen LogP contribution in [0.25, 0.3) is 0 Å². The van der Waals surface area contributed by atoms with Crippen LogP contribution in [0.4, 0.5) is 5.69 Å². The van der Waals surface area contributed by atoms with Crippen LogP contribution in [0.2, 0.25) is 10.0 Å². The number of amides is 2. The maximum absolute atomic E-state index is 14.5. The minimum atomic E-state index is -4.18. The fraction of sp³-hybridized carbons (Fsp3) is 0.257. The van der Waals surface area contributed by atoms with Gasteiger partial charge in [-0.3, -0.25) is 13.9 Å². The van der Waals surface area contributed by atoms with Crippen molar-refractivity contribution < 1.29 is 18.0 Å². The van der Waals surface area contributed by atoms with E-state index in [2.05, 4.69) is 5.32 Å². The Hall–Kier alpha value is -3.85. The molecule has 7 nitrogen and oxygen atoms in total. The number of carbonyl (C=O) groups is 2. The lowest BCUT2D eigenvalue weighted by molar-refractivity contribution is -0.140. The summed E-state index contributed by atoms with van der Waals surface area (Å²) in [4.78, 5) is 29.7. The van der Waals surface area contributed by atoms with Gasteiger partial charge in [0.25, 0.3) is 10.0 Å². The zero-order valence-corrected chi connectivity index (χ0v) is 27.9. The maximum Gasteiger partial charge on any atom is 0.264 e. The van der Waals surface area contributed by atoms with Crippen molar-refractivity contribution in [1.82, 2.24) is 10.2 Å². The summed E-state index contributed by atoms with van der Waals surface area (Å²) in [6, 6.07) is 26.8. The number of carbonyl (C=O) groups excluding carboxylic acids is 2. The van der Waals surface area contributed by atoms with Crippen LogP contribution < -0.4 is 9.62 Å². The van der Waals surface area contributed by atoms with E-state index in [4.69, 9.17) is 23.2 Å². The van der Waals surface area contributed by atoms with Crippen molar-refractivity contribution >= 4 is 50.7 Å². The Morgan fingerprint density at radius 3 is 2.20 bits per heavy atom. The van der Waals surface area contributed by atoms with Crippen LogP contribution >= 0.6 is 23.2 Å². The average Bonchev–Trinajstić information content (AvgIpc) is 3.01. The lowest BCUT2D eigenvalue weighted by atomic mass is 10.0. The molecule has 10 heteroatoms. The third kappa shape index (κ3) is 8.87. The highest BCUT2D eigenvalue weighted by molar-refractivity contribution is 7.92. The van der Waals surface area contributed by atoms with E-state index in [1.165, 1.54) is 17.0 Å². The smallest absolute Gasteiger partial charge is 0.264 e. The van der Waals surface area contributed by atoms with Crippen LogP contribution in [0.15, 0.2) is 102 Å². The van der Waals surface area contributed by atoms with E-state index in [9.17, 15) is 18.0 Å². The molecule has 0 aromatic heterocycles. The van der Waals surface area contributed by atoms with E-state index >= 15 is 0 Å². The van der Waals surface area contributed by atoms with Crippen molar-refractivity contribution in [1.29, 1.82) is 0 Å². The zero-order chi connectivity index (χ0) is 32.6. The van der Waals surface area contributed by atoms with Crippen LogP contribution in [-0.4, -0.2) is 44.3 Å². The number of rotatable bonds is 13. The molecule has 0 bridgehead atoms. The molecule has 4 rings (SSSR count). The van der Waals surface area contributed by atoms with Crippen molar-refractivity contribution in [2.24, 2.45) is 0 Å². The molecule has 0 aliphatic heterocycles. The van der Waals surface area contributed by atoms with Crippen molar-refractivity contribution in [3.63, 3.8) is 0 Å². The van der Waals surface area contributed by atoms with Crippen molar-refractivity contribution in [3.05, 3.63) is 129 Å². The van der Waals surface area contributed by atoms with E-state index in [0.29, 0.717) is 34.3 Å². The second-order valence-electron chi connectivity index (χ2n) is 10.9. The van der Waals surface area contributed by atoms with Gasteiger partial charge < -0.3 is 10.2 Å². The monoisotopic (exact) mass is 665 g/mol. The standard InChI is InChI=1S/C35H37Cl2N3O4S/c1-4-19-38-35(42)33(21-27-10-6-5-7-11-27)39(23-28-15-16-29(36)22-32(28)37)34(41)24-40(30-12-8-9-26(3)20-30)45(43,44)31-17-13-25(2)14-18-31/h5-18,20,22,33H,4,19,21,23-24H2,1-3H3,(H,38,42)/t33-/m0/s1. The summed E-state index contributed by atoms with van der Waals surface area (Å²) in [6.45, 7) is 5.50. The number of aryl methyl sites for hydroxylation is 2. The number of hydrogen-bond acceptors (Lipinski definition) is 4. The summed E-state index contributed by atoms with van der Waals surface area (Å²) < 4.78 is 29.4. The summed E-state index contributed by atoms with van der Waals surface area (Å²) in [5, 5.41) is 3.69. The Bertz CT molecular complexity index is 1730. The number of halogens is 2. The molecule has 2 amide bonds. The highest BCUT2D eigenvalue weighted by Crippen LogP contribution is 2.28. The highest BCUT2D eigenvalue weighted by Gasteiger charge is 2.35. The second-order valence-corrected chi connectivity index (χ2v) is 13.6. The highest BCUT2D eigenvalue weighted by atomic mass is 35.5. The molecule has 0 spiro atoms. The lowest BCUT2D eigenvalue weighted by Gasteiger charge is -2.34. The van der Waals surface area contributed by atoms with Gasteiger partial charge in [0.05, 0.1) is 10.6 Å². The number of sulfonamides is 1. The second kappa shape index (κ2) is 15.4. The molecule has 4 aromatic carbocycles. The number of hydrogen-bond donors (Lipinski definition) is 1. The SMILES string of the molecule is CCCNC(=O)[C@H](Cc1ccccc1)N(Cc1ccc(Cl)cc1Cl)C(=O)CN(c1cccc(C)c1)S(=O)(=O)c1ccc(C)cc1. The molecule has 1 N–H and O–H groups in total. The molecule has 45 heavy (non-hydrogen) atoms. The molecular formula is C35H37Cl2N3O4S. The van der Waals surface area contributed by atoms with Gasteiger partial charge in [-0.2, -0.15) is 0 Å². The van der Waals surface area contributed by atoms with E-state index < -0.39 is 28.5 Å². The number of nitrogens with zero attached hydrogens (tertiary/aromatic N) is 2. The van der Waals surface area contributed by atoms with Gasteiger partial charge in [-0.25, -0.2) is 8.42 Å². The summed E-state index contributed by atoms with van der Waals surface area (Å²) in [5.74, 6) is -0.909. The summed E-state index contributed by atoms with van der Waals surface area (Å²) in [6.07, 6.45) is 0.916. The van der Waals surface area contributed by atoms with Crippen molar-refractivity contribution in [2.45, 2.75) is 51.1 Å².